The van der Waals surface area contributed by atoms with Gasteiger partial charge in [-0.05, 0) is 24.6 Å². The highest BCUT2D eigenvalue weighted by Gasteiger charge is 2.23. The van der Waals surface area contributed by atoms with Crippen molar-refractivity contribution in [2.24, 2.45) is 4.99 Å². The number of nitrogens with one attached hydrogen (secondary N) is 1. The molecule has 98 valence electrons. The van der Waals surface area contributed by atoms with E-state index in [1.54, 1.807) is 0 Å². The molecule has 3 nitrogen and oxygen atoms in total. The van der Waals surface area contributed by atoms with E-state index >= 15 is 0 Å². The Kier molecular flexibility index (Phi) is 2.84. The fourth-order valence-corrected chi connectivity index (χ4v) is 4.45. The van der Waals surface area contributed by atoms with Gasteiger partial charge in [0, 0.05) is 38.3 Å². The summed E-state index contributed by atoms with van der Waals surface area (Å²) in [7, 11) is 0. The summed E-state index contributed by atoms with van der Waals surface area (Å²) in [6.07, 6.45) is 1.17. The fraction of sp³-hybridized carbons (Fsp3) is 0.357. The number of benzene rings is 1. The van der Waals surface area contributed by atoms with Crippen LogP contribution in [0, 0.1) is 0 Å². The zero-order valence-electron chi connectivity index (χ0n) is 10.4. The molecule has 19 heavy (non-hydrogen) atoms. The number of aliphatic imine (C=N–C) groups is 1. The molecule has 1 aromatic carbocycles. The van der Waals surface area contributed by atoms with E-state index in [2.05, 4.69) is 49.0 Å². The van der Waals surface area contributed by atoms with Gasteiger partial charge in [0.05, 0.1) is 13.1 Å². The number of fused-ring (bicyclic) bond motifs is 3. The molecule has 4 rings (SSSR count). The van der Waals surface area contributed by atoms with E-state index in [4.69, 9.17) is 0 Å². The second-order valence-corrected chi connectivity index (χ2v) is 6.90. The minimum atomic E-state index is 0.883. The zero-order valence-corrected chi connectivity index (χ0v) is 12.9. The number of amidine groups is 1. The van der Waals surface area contributed by atoms with Crippen LogP contribution in [0.3, 0.4) is 0 Å². The Morgan fingerprint density at radius 3 is 3.21 bits per heavy atom. The minimum Gasteiger partial charge on any atom is -0.370 e. The molecule has 2 aliphatic heterocycles. The lowest BCUT2D eigenvalue weighted by Crippen LogP contribution is -2.24. The SMILES string of the molecule is Brc1ccc2c(c1)c1c(n2CC2=NCCN2)CCS1. The number of halogens is 1. The van der Waals surface area contributed by atoms with Crippen molar-refractivity contribution in [1.82, 2.24) is 9.88 Å². The van der Waals surface area contributed by atoms with E-state index in [-0.39, 0.29) is 0 Å². The van der Waals surface area contributed by atoms with E-state index in [9.17, 15) is 0 Å². The van der Waals surface area contributed by atoms with E-state index < -0.39 is 0 Å². The standard InChI is InChI=1S/C14H14BrN3S/c15-9-1-2-11-10(7-9)14-12(3-6-19-14)18(11)8-13-16-4-5-17-13/h1-2,7H,3-6,8H2,(H,16,17). The molecule has 0 radical (unpaired) electrons. The second kappa shape index (κ2) is 4.56. The lowest BCUT2D eigenvalue weighted by Gasteiger charge is -2.09. The molecule has 2 aliphatic rings. The smallest absolute Gasteiger partial charge is 0.117 e. The van der Waals surface area contributed by atoms with Gasteiger partial charge in [-0.3, -0.25) is 4.99 Å². The first-order valence-electron chi connectivity index (χ1n) is 6.53. The molecule has 0 aliphatic carbocycles. The number of hydrogen-bond acceptors (Lipinski definition) is 3. The Bertz CT molecular complexity index is 690. The molecule has 2 aromatic rings. The molecule has 1 N–H and O–H groups in total. The fourth-order valence-electron chi connectivity index (χ4n) is 2.89. The molecule has 0 saturated heterocycles. The molecule has 0 spiro atoms. The highest BCUT2D eigenvalue weighted by Crippen LogP contribution is 2.40. The van der Waals surface area contributed by atoms with Crippen molar-refractivity contribution < 1.29 is 0 Å². The molecule has 0 atom stereocenters. The maximum Gasteiger partial charge on any atom is 0.117 e. The van der Waals surface area contributed by atoms with Crippen LogP contribution in [-0.4, -0.2) is 29.2 Å². The van der Waals surface area contributed by atoms with Crippen LogP contribution in [-0.2, 0) is 13.0 Å². The van der Waals surface area contributed by atoms with Gasteiger partial charge in [-0.15, -0.1) is 11.8 Å². The summed E-state index contributed by atoms with van der Waals surface area (Å²) in [5.41, 5.74) is 2.81. The van der Waals surface area contributed by atoms with Crippen molar-refractivity contribution in [1.29, 1.82) is 0 Å². The van der Waals surface area contributed by atoms with Crippen LogP contribution in [0.4, 0.5) is 0 Å². The summed E-state index contributed by atoms with van der Waals surface area (Å²) >= 11 is 5.57. The van der Waals surface area contributed by atoms with Crippen molar-refractivity contribution in [3.8, 4) is 0 Å². The maximum atomic E-state index is 4.53. The van der Waals surface area contributed by atoms with Gasteiger partial charge in [0.25, 0.3) is 0 Å². The predicted octanol–water partition coefficient (Wildman–Crippen LogP) is 3.05. The summed E-state index contributed by atoms with van der Waals surface area (Å²) in [5, 5.41) is 4.76. The van der Waals surface area contributed by atoms with Crippen LogP contribution in [0.15, 0.2) is 32.6 Å². The normalized spacial score (nSPS) is 17.6. The Hall–Kier alpha value is -0.940. The van der Waals surface area contributed by atoms with Crippen molar-refractivity contribution in [3.05, 3.63) is 28.4 Å². The molecule has 0 fully saturated rings. The van der Waals surface area contributed by atoms with Crippen LogP contribution in [0.5, 0.6) is 0 Å². The first kappa shape index (κ1) is 11.9. The maximum absolute atomic E-state index is 4.53. The lowest BCUT2D eigenvalue weighted by atomic mass is 10.2. The van der Waals surface area contributed by atoms with Crippen LogP contribution in [0.25, 0.3) is 10.9 Å². The number of rotatable bonds is 2. The largest absolute Gasteiger partial charge is 0.370 e. The average Bonchev–Trinajstić information content (AvgIpc) is 3.10. The predicted molar refractivity (Wildman–Crippen MR) is 84.4 cm³/mol. The highest BCUT2D eigenvalue weighted by atomic mass is 79.9. The van der Waals surface area contributed by atoms with E-state index in [1.807, 2.05) is 11.8 Å². The van der Waals surface area contributed by atoms with Gasteiger partial charge in [0.15, 0.2) is 0 Å². The van der Waals surface area contributed by atoms with Crippen LogP contribution < -0.4 is 5.32 Å². The van der Waals surface area contributed by atoms with Crippen LogP contribution in [0.1, 0.15) is 5.69 Å². The monoisotopic (exact) mass is 335 g/mol. The Morgan fingerprint density at radius 1 is 1.42 bits per heavy atom. The summed E-state index contributed by atoms with van der Waals surface area (Å²) in [6.45, 7) is 2.78. The van der Waals surface area contributed by atoms with Crippen molar-refractivity contribution in [2.75, 3.05) is 18.8 Å². The zero-order chi connectivity index (χ0) is 12.8. The summed E-state index contributed by atoms with van der Waals surface area (Å²) in [5.74, 6) is 2.33. The Morgan fingerprint density at radius 2 is 2.37 bits per heavy atom. The van der Waals surface area contributed by atoms with Gasteiger partial charge in [-0.1, -0.05) is 15.9 Å². The van der Waals surface area contributed by atoms with Crippen molar-refractivity contribution in [3.63, 3.8) is 0 Å². The number of hydrogen-bond donors (Lipinski definition) is 1. The highest BCUT2D eigenvalue weighted by molar-refractivity contribution is 9.10. The van der Waals surface area contributed by atoms with Crippen molar-refractivity contribution >= 4 is 44.4 Å². The Labute approximate surface area is 124 Å². The molecule has 5 heteroatoms. The first-order chi connectivity index (χ1) is 9.33. The van der Waals surface area contributed by atoms with Crippen molar-refractivity contribution in [2.45, 2.75) is 17.9 Å². The molecule has 1 aromatic heterocycles. The number of thioether (sulfide) groups is 1. The van der Waals surface area contributed by atoms with Crippen LogP contribution in [0.2, 0.25) is 0 Å². The molecule has 3 heterocycles. The molecule has 0 amide bonds. The van der Waals surface area contributed by atoms with Gasteiger partial charge < -0.3 is 9.88 Å². The molecule has 0 saturated carbocycles. The summed E-state index contributed by atoms with van der Waals surface area (Å²) in [4.78, 5) is 6.00. The first-order valence-corrected chi connectivity index (χ1v) is 8.31. The topological polar surface area (TPSA) is 29.3 Å². The van der Waals surface area contributed by atoms with Gasteiger partial charge in [-0.2, -0.15) is 0 Å². The summed E-state index contributed by atoms with van der Waals surface area (Å²) < 4.78 is 3.60. The summed E-state index contributed by atoms with van der Waals surface area (Å²) in [6, 6.07) is 6.59. The van der Waals surface area contributed by atoms with E-state index in [0.29, 0.717) is 0 Å². The van der Waals surface area contributed by atoms with Gasteiger partial charge in [0.2, 0.25) is 0 Å². The van der Waals surface area contributed by atoms with Crippen LogP contribution >= 0.6 is 27.7 Å². The van der Waals surface area contributed by atoms with Gasteiger partial charge in [0.1, 0.15) is 5.84 Å². The molecular formula is C14H14BrN3S. The number of aromatic nitrogens is 1. The Balaban J connectivity index is 1.89. The van der Waals surface area contributed by atoms with E-state index in [1.165, 1.54) is 33.7 Å². The molecule has 0 unspecified atom stereocenters. The third-order valence-corrected chi connectivity index (χ3v) is 5.36. The average molecular weight is 336 g/mol. The quantitative estimate of drug-likeness (QED) is 0.913. The third kappa shape index (κ3) is 1.91. The third-order valence-electron chi connectivity index (χ3n) is 3.72. The van der Waals surface area contributed by atoms with Gasteiger partial charge in [-0.25, -0.2) is 0 Å². The van der Waals surface area contributed by atoms with E-state index in [0.717, 1.165) is 29.9 Å². The minimum absolute atomic E-state index is 0.883. The second-order valence-electron chi connectivity index (χ2n) is 4.88. The lowest BCUT2D eigenvalue weighted by molar-refractivity contribution is 0.798. The molecule has 0 bridgehead atoms. The molecular weight excluding hydrogens is 322 g/mol. The van der Waals surface area contributed by atoms with Gasteiger partial charge >= 0.3 is 0 Å². The number of nitrogens with zero attached hydrogens (tertiary/aromatic N) is 2.